The number of benzene rings is 1. The third kappa shape index (κ3) is 2.90. The van der Waals surface area contributed by atoms with Crippen molar-refractivity contribution in [2.24, 2.45) is 5.92 Å². The van der Waals surface area contributed by atoms with Crippen LogP contribution < -0.4 is 15.4 Å². The van der Waals surface area contributed by atoms with E-state index in [4.69, 9.17) is 4.74 Å². The van der Waals surface area contributed by atoms with Gasteiger partial charge in [-0.1, -0.05) is 27.7 Å². The third-order valence-electron chi connectivity index (χ3n) is 5.77. The van der Waals surface area contributed by atoms with E-state index in [1.165, 1.54) is 11.3 Å². The molecule has 2 N–H and O–H groups in total. The molecule has 0 amide bonds. The van der Waals surface area contributed by atoms with Gasteiger partial charge in [0.25, 0.3) is 0 Å². The molecule has 0 aromatic heterocycles. The van der Waals surface area contributed by atoms with Gasteiger partial charge < -0.3 is 15.4 Å². The fourth-order valence-corrected chi connectivity index (χ4v) is 3.39. The standard InChI is InChI=1S/C19H32N2O/c1-8-12(3)20-15-10-16-13(4)14(5)19(6,9-2)21-18(16)17(11-15)22-7/h10-14,20-21H,8-9H2,1-7H3. The Morgan fingerprint density at radius 2 is 2.00 bits per heavy atom. The van der Waals surface area contributed by atoms with Crippen molar-refractivity contribution in [1.29, 1.82) is 0 Å². The molecule has 124 valence electrons. The third-order valence-corrected chi connectivity index (χ3v) is 5.77. The molecule has 0 aliphatic carbocycles. The Kier molecular flexibility index (Phi) is 4.93. The quantitative estimate of drug-likeness (QED) is 0.780. The van der Waals surface area contributed by atoms with Crippen molar-refractivity contribution < 1.29 is 4.74 Å². The van der Waals surface area contributed by atoms with Gasteiger partial charge in [0.1, 0.15) is 5.75 Å². The first-order valence-corrected chi connectivity index (χ1v) is 8.62. The van der Waals surface area contributed by atoms with Gasteiger partial charge in [-0.05, 0) is 50.2 Å². The summed E-state index contributed by atoms with van der Waals surface area (Å²) in [7, 11) is 1.76. The average molecular weight is 304 g/mol. The molecule has 4 atom stereocenters. The maximum atomic E-state index is 5.69. The highest BCUT2D eigenvalue weighted by Gasteiger charge is 2.40. The minimum absolute atomic E-state index is 0.116. The molecular formula is C19H32N2O. The lowest BCUT2D eigenvalue weighted by Crippen LogP contribution is -2.46. The first kappa shape index (κ1) is 17.0. The summed E-state index contributed by atoms with van der Waals surface area (Å²) in [6.07, 6.45) is 2.21. The summed E-state index contributed by atoms with van der Waals surface area (Å²) < 4.78 is 5.69. The summed E-state index contributed by atoms with van der Waals surface area (Å²) >= 11 is 0. The van der Waals surface area contributed by atoms with Gasteiger partial charge in [-0.15, -0.1) is 0 Å². The van der Waals surface area contributed by atoms with Crippen LogP contribution in [0.4, 0.5) is 11.4 Å². The van der Waals surface area contributed by atoms with Crippen molar-refractivity contribution in [3.05, 3.63) is 17.7 Å². The first-order valence-electron chi connectivity index (χ1n) is 8.62. The lowest BCUT2D eigenvalue weighted by molar-refractivity contribution is 0.281. The molecule has 0 fully saturated rings. The highest BCUT2D eigenvalue weighted by molar-refractivity contribution is 5.72. The van der Waals surface area contributed by atoms with Gasteiger partial charge in [0.05, 0.1) is 12.8 Å². The summed E-state index contributed by atoms with van der Waals surface area (Å²) in [6, 6.07) is 4.89. The van der Waals surface area contributed by atoms with Crippen LogP contribution in [0.25, 0.3) is 0 Å². The lowest BCUT2D eigenvalue weighted by atomic mass is 9.70. The molecule has 2 rings (SSSR count). The summed E-state index contributed by atoms with van der Waals surface area (Å²) in [5, 5.41) is 7.34. The molecule has 1 aliphatic rings. The molecule has 0 saturated heterocycles. The second-order valence-corrected chi connectivity index (χ2v) is 7.07. The van der Waals surface area contributed by atoms with Crippen molar-refractivity contribution in [2.45, 2.75) is 71.9 Å². The number of methoxy groups -OCH3 is 1. The number of nitrogens with one attached hydrogen (secondary N) is 2. The molecule has 1 heterocycles. The van der Waals surface area contributed by atoms with Crippen LogP contribution in [-0.2, 0) is 0 Å². The van der Waals surface area contributed by atoms with E-state index in [-0.39, 0.29) is 5.54 Å². The number of fused-ring (bicyclic) bond motifs is 1. The predicted octanol–water partition coefficient (Wildman–Crippen LogP) is 5.24. The first-order chi connectivity index (χ1) is 10.4. The summed E-state index contributed by atoms with van der Waals surface area (Å²) in [5.74, 6) is 2.03. The molecule has 22 heavy (non-hydrogen) atoms. The Morgan fingerprint density at radius 3 is 2.55 bits per heavy atom. The predicted molar refractivity (Wildman–Crippen MR) is 96.3 cm³/mol. The Morgan fingerprint density at radius 1 is 1.32 bits per heavy atom. The second-order valence-electron chi connectivity index (χ2n) is 7.07. The van der Waals surface area contributed by atoms with Gasteiger partial charge in [-0.3, -0.25) is 0 Å². The van der Waals surface area contributed by atoms with E-state index in [0.29, 0.717) is 17.9 Å². The lowest BCUT2D eigenvalue weighted by Gasteiger charge is -2.46. The molecule has 4 unspecified atom stereocenters. The maximum absolute atomic E-state index is 5.69. The molecule has 0 spiro atoms. The minimum Gasteiger partial charge on any atom is -0.495 e. The van der Waals surface area contributed by atoms with Crippen molar-refractivity contribution in [3.8, 4) is 5.75 Å². The monoisotopic (exact) mass is 304 g/mol. The van der Waals surface area contributed by atoms with Gasteiger partial charge in [-0.25, -0.2) is 0 Å². The molecule has 1 aromatic rings. The molecule has 3 nitrogen and oxygen atoms in total. The van der Waals surface area contributed by atoms with Crippen LogP contribution in [0.2, 0.25) is 0 Å². The Hall–Kier alpha value is -1.38. The van der Waals surface area contributed by atoms with E-state index < -0.39 is 0 Å². The average Bonchev–Trinajstić information content (AvgIpc) is 2.52. The van der Waals surface area contributed by atoms with E-state index in [1.807, 2.05) is 0 Å². The summed E-state index contributed by atoms with van der Waals surface area (Å²) in [4.78, 5) is 0. The highest BCUT2D eigenvalue weighted by atomic mass is 16.5. The van der Waals surface area contributed by atoms with E-state index in [0.717, 1.165) is 24.3 Å². The van der Waals surface area contributed by atoms with Crippen molar-refractivity contribution in [2.75, 3.05) is 17.7 Å². The fraction of sp³-hybridized carbons (Fsp3) is 0.684. The van der Waals surface area contributed by atoms with Crippen LogP contribution in [0.3, 0.4) is 0 Å². The van der Waals surface area contributed by atoms with Gasteiger partial charge in [-0.2, -0.15) is 0 Å². The van der Waals surface area contributed by atoms with Crippen molar-refractivity contribution in [3.63, 3.8) is 0 Å². The number of anilines is 2. The molecule has 1 aliphatic heterocycles. The zero-order chi connectivity index (χ0) is 16.5. The van der Waals surface area contributed by atoms with Crippen LogP contribution in [0.5, 0.6) is 5.75 Å². The number of ether oxygens (including phenoxy) is 1. The van der Waals surface area contributed by atoms with Crippen molar-refractivity contribution in [1.82, 2.24) is 0 Å². The minimum atomic E-state index is 0.116. The number of hydrogen-bond acceptors (Lipinski definition) is 3. The molecule has 0 saturated carbocycles. The van der Waals surface area contributed by atoms with Crippen molar-refractivity contribution >= 4 is 11.4 Å². The highest BCUT2D eigenvalue weighted by Crippen LogP contribution is 2.49. The zero-order valence-corrected chi connectivity index (χ0v) is 15.2. The van der Waals surface area contributed by atoms with E-state index in [1.54, 1.807) is 7.11 Å². The molecule has 0 radical (unpaired) electrons. The van der Waals surface area contributed by atoms with Crippen LogP contribution in [0.15, 0.2) is 12.1 Å². The number of rotatable bonds is 5. The summed E-state index contributed by atoms with van der Waals surface area (Å²) in [5.41, 5.74) is 3.81. The van der Waals surface area contributed by atoms with E-state index in [2.05, 4.69) is 64.3 Å². The largest absolute Gasteiger partial charge is 0.495 e. The Bertz CT molecular complexity index is 528. The van der Waals surface area contributed by atoms with Gasteiger partial charge in [0, 0.05) is 23.3 Å². The Balaban J connectivity index is 2.48. The van der Waals surface area contributed by atoms with Gasteiger partial charge in [0.2, 0.25) is 0 Å². The SMILES string of the molecule is CCC(C)Nc1cc(OC)c2c(c1)C(C)C(C)C(C)(CC)N2. The molecule has 1 aromatic carbocycles. The number of hydrogen-bond donors (Lipinski definition) is 2. The van der Waals surface area contributed by atoms with Gasteiger partial charge in [0.15, 0.2) is 0 Å². The molecular weight excluding hydrogens is 272 g/mol. The van der Waals surface area contributed by atoms with E-state index in [9.17, 15) is 0 Å². The topological polar surface area (TPSA) is 33.3 Å². The van der Waals surface area contributed by atoms with Gasteiger partial charge >= 0.3 is 0 Å². The maximum Gasteiger partial charge on any atom is 0.144 e. The van der Waals surface area contributed by atoms with E-state index >= 15 is 0 Å². The molecule has 3 heteroatoms. The summed E-state index contributed by atoms with van der Waals surface area (Å²) in [6.45, 7) is 13.7. The normalized spacial score (nSPS) is 28.5. The Labute approximate surface area is 135 Å². The van der Waals surface area contributed by atoms with Crippen LogP contribution in [0.1, 0.15) is 65.9 Å². The zero-order valence-electron chi connectivity index (χ0n) is 15.2. The fourth-order valence-electron chi connectivity index (χ4n) is 3.39. The van der Waals surface area contributed by atoms with Crippen LogP contribution >= 0.6 is 0 Å². The van der Waals surface area contributed by atoms with Crippen LogP contribution in [0, 0.1) is 5.92 Å². The van der Waals surface area contributed by atoms with Crippen LogP contribution in [-0.4, -0.2) is 18.7 Å². The molecule has 0 bridgehead atoms. The second kappa shape index (κ2) is 6.39. The smallest absolute Gasteiger partial charge is 0.144 e.